The van der Waals surface area contributed by atoms with Crippen molar-refractivity contribution in [3.05, 3.63) is 29.3 Å². The number of carbonyl (C=O) groups excluding carboxylic acids is 1. The summed E-state index contributed by atoms with van der Waals surface area (Å²) in [6.07, 6.45) is 2.54. The number of hydrogen-bond acceptors (Lipinski definition) is 3. The number of benzene rings is 1. The van der Waals surface area contributed by atoms with Crippen molar-refractivity contribution in [1.82, 2.24) is 10.2 Å². The molecule has 20 heavy (non-hydrogen) atoms. The van der Waals surface area contributed by atoms with Crippen LogP contribution < -0.4 is 10.1 Å². The predicted molar refractivity (Wildman–Crippen MR) is 80.3 cm³/mol. The third-order valence-corrected chi connectivity index (χ3v) is 3.79. The Morgan fingerprint density at radius 1 is 1.40 bits per heavy atom. The molecule has 1 saturated heterocycles. The topological polar surface area (TPSA) is 41.6 Å². The van der Waals surface area contributed by atoms with Gasteiger partial charge < -0.3 is 15.0 Å². The quantitative estimate of drug-likeness (QED) is 0.896. The predicted octanol–water partition coefficient (Wildman–Crippen LogP) is 2.22. The number of carbonyl (C=O) groups is 1. The van der Waals surface area contributed by atoms with Gasteiger partial charge in [-0.3, -0.25) is 4.79 Å². The number of amides is 1. The van der Waals surface area contributed by atoms with Gasteiger partial charge in [0.05, 0.1) is 12.7 Å². The number of nitrogens with one attached hydrogen (secondary N) is 1. The molecule has 1 amide bonds. The molecule has 2 rings (SSSR count). The molecule has 4 nitrogen and oxygen atoms in total. The first-order valence-corrected chi connectivity index (χ1v) is 7.28. The van der Waals surface area contributed by atoms with Gasteiger partial charge in [0.1, 0.15) is 5.75 Å². The molecule has 0 aromatic heterocycles. The summed E-state index contributed by atoms with van der Waals surface area (Å²) in [5, 5.41) is 3.08. The second kappa shape index (κ2) is 6.75. The van der Waals surface area contributed by atoms with Gasteiger partial charge in [0, 0.05) is 12.6 Å². The lowest BCUT2D eigenvalue weighted by atomic mass is 10.1. The van der Waals surface area contributed by atoms with Crippen molar-refractivity contribution in [1.29, 1.82) is 0 Å². The van der Waals surface area contributed by atoms with Crippen LogP contribution in [0, 0.1) is 6.92 Å². The largest absolute Gasteiger partial charge is 0.496 e. The van der Waals surface area contributed by atoms with E-state index < -0.39 is 0 Å². The van der Waals surface area contributed by atoms with E-state index in [9.17, 15) is 4.79 Å². The van der Waals surface area contributed by atoms with Gasteiger partial charge in [0.15, 0.2) is 0 Å². The van der Waals surface area contributed by atoms with Gasteiger partial charge >= 0.3 is 0 Å². The first-order chi connectivity index (χ1) is 9.61. The highest BCUT2D eigenvalue weighted by Gasteiger charge is 2.19. The highest BCUT2D eigenvalue weighted by molar-refractivity contribution is 5.98. The third-order valence-electron chi connectivity index (χ3n) is 3.79. The van der Waals surface area contributed by atoms with E-state index in [-0.39, 0.29) is 11.9 Å². The van der Waals surface area contributed by atoms with Gasteiger partial charge in [0.25, 0.3) is 5.91 Å². The Morgan fingerprint density at radius 3 is 2.75 bits per heavy atom. The zero-order valence-electron chi connectivity index (χ0n) is 12.6. The van der Waals surface area contributed by atoms with E-state index in [1.165, 1.54) is 12.8 Å². The Morgan fingerprint density at radius 2 is 2.10 bits per heavy atom. The van der Waals surface area contributed by atoms with Crippen molar-refractivity contribution >= 4 is 5.91 Å². The molecule has 0 aliphatic carbocycles. The lowest BCUT2D eigenvalue weighted by Crippen LogP contribution is -2.41. The van der Waals surface area contributed by atoms with E-state index in [1.807, 2.05) is 25.1 Å². The second-order valence-corrected chi connectivity index (χ2v) is 5.53. The molecule has 0 radical (unpaired) electrons. The van der Waals surface area contributed by atoms with Crippen LogP contribution in [0.5, 0.6) is 5.75 Å². The van der Waals surface area contributed by atoms with Crippen LogP contribution in [0.2, 0.25) is 0 Å². The maximum Gasteiger partial charge on any atom is 0.255 e. The molecular weight excluding hydrogens is 252 g/mol. The molecule has 1 fully saturated rings. The highest BCUT2D eigenvalue weighted by atomic mass is 16.5. The number of hydrogen-bond donors (Lipinski definition) is 1. The SMILES string of the molecule is COc1cccc(C)c1C(=O)NC(C)CN1CCCC1. The van der Waals surface area contributed by atoms with Gasteiger partial charge in [-0.1, -0.05) is 12.1 Å². The summed E-state index contributed by atoms with van der Waals surface area (Å²) in [5.41, 5.74) is 1.58. The molecule has 1 aliphatic rings. The molecule has 1 aromatic carbocycles. The zero-order valence-corrected chi connectivity index (χ0v) is 12.6. The van der Waals surface area contributed by atoms with Gasteiger partial charge in [-0.2, -0.15) is 0 Å². The molecule has 0 bridgehead atoms. The fourth-order valence-electron chi connectivity index (χ4n) is 2.80. The van der Waals surface area contributed by atoms with E-state index in [0.717, 1.165) is 25.2 Å². The summed E-state index contributed by atoms with van der Waals surface area (Å²) >= 11 is 0. The maximum atomic E-state index is 12.4. The lowest BCUT2D eigenvalue weighted by Gasteiger charge is -2.22. The molecule has 1 heterocycles. The highest BCUT2D eigenvalue weighted by Crippen LogP contribution is 2.21. The van der Waals surface area contributed by atoms with Crippen LogP contribution in [0.15, 0.2) is 18.2 Å². The van der Waals surface area contributed by atoms with E-state index in [0.29, 0.717) is 11.3 Å². The van der Waals surface area contributed by atoms with Crippen LogP contribution in [-0.2, 0) is 0 Å². The number of likely N-dealkylation sites (tertiary alicyclic amines) is 1. The summed E-state index contributed by atoms with van der Waals surface area (Å²) < 4.78 is 5.29. The Hall–Kier alpha value is -1.55. The van der Waals surface area contributed by atoms with Crippen molar-refractivity contribution in [3.8, 4) is 5.75 Å². The normalized spacial score (nSPS) is 16.9. The van der Waals surface area contributed by atoms with E-state index in [4.69, 9.17) is 4.74 Å². The van der Waals surface area contributed by atoms with E-state index in [2.05, 4.69) is 17.1 Å². The molecule has 1 atom stereocenters. The van der Waals surface area contributed by atoms with E-state index >= 15 is 0 Å². The Bertz CT molecular complexity index is 468. The average Bonchev–Trinajstić information content (AvgIpc) is 2.90. The number of aryl methyl sites for hydroxylation is 1. The van der Waals surface area contributed by atoms with Crippen LogP contribution in [0.1, 0.15) is 35.7 Å². The molecule has 1 N–H and O–H groups in total. The van der Waals surface area contributed by atoms with Crippen molar-refractivity contribution in [2.75, 3.05) is 26.7 Å². The van der Waals surface area contributed by atoms with Crippen molar-refractivity contribution in [2.45, 2.75) is 32.7 Å². The maximum absolute atomic E-state index is 12.4. The summed E-state index contributed by atoms with van der Waals surface area (Å²) in [4.78, 5) is 14.8. The molecule has 0 saturated carbocycles. The minimum absolute atomic E-state index is 0.0494. The molecule has 1 unspecified atom stereocenters. The zero-order chi connectivity index (χ0) is 14.5. The van der Waals surface area contributed by atoms with Gasteiger partial charge in [-0.25, -0.2) is 0 Å². The van der Waals surface area contributed by atoms with Crippen LogP contribution >= 0.6 is 0 Å². The summed E-state index contributed by atoms with van der Waals surface area (Å²) in [7, 11) is 1.60. The average molecular weight is 276 g/mol. The Kier molecular flexibility index (Phi) is 5.01. The van der Waals surface area contributed by atoms with Crippen molar-refractivity contribution in [3.63, 3.8) is 0 Å². The molecule has 1 aromatic rings. The molecule has 0 spiro atoms. The second-order valence-electron chi connectivity index (χ2n) is 5.53. The van der Waals surface area contributed by atoms with Crippen molar-refractivity contribution < 1.29 is 9.53 Å². The van der Waals surface area contributed by atoms with E-state index in [1.54, 1.807) is 7.11 Å². The van der Waals surface area contributed by atoms with Crippen LogP contribution in [0.4, 0.5) is 0 Å². The molecule has 110 valence electrons. The Balaban J connectivity index is 2.00. The molecule has 4 heteroatoms. The van der Waals surface area contributed by atoms with Gasteiger partial charge in [-0.15, -0.1) is 0 Å². The number of rotatable bonds is 5. The minimum Gasteiger partial charge on any atom is -0.496 e. The summed E-state index contributed by atoms with van der Waals surface area (Å²) in [6.45, 7) is 7.20. The monoisotopic (exact) mass is 276 g/mol. The summed E-state index contributed by atoms with van der Waals surface area (Å²) in [6, 6.07) is 5.80. The van der Waals surface area contributed by atoms with Crippen molar-refractivity contribution in [2.24, 2.45) is 0 Å². The fraction of sp³-hybridized carbons (Fsp3) is 0.562. The standard InChI is InChI=1S/C16H24N2O2/c1-12-7-6-8-14(20-3)15(12)16(19)17-13(2)11-18-9-4-5-10-18/h6-8,13H,4-5,9-11H2,1-3H3,(H,17,19). The van der Waals surface area contributed by atoms with Crippen LogP contribution in [0.3, 0.4) is 0 Å². The first-order valence-electron chi connectivity index (χ1n) is 7.28. The van der Waals surface area contributed by atoms with Crippen LogP contribution in [0.25, 0.3) is 0 Å². The first kappa shape index (κ1) is 14.9. The van der Waals surface area contributed by atoms with Gasteiger partial charge in [0.2, 0.25) is 0 Å². The molecular formula is C16H24N2O2. The number of methoxy groups -OCH3 is 1. The number of ether oxygens (including phenoxy) is 1. The number of nitrogens with zero attached hydrogens (tertiary/aromatic N) is 1. The van der Waals surface area contributed by atoms with Crippen LogP contribution in [-0.4, -0.2) is 43.6 Å². The summed E-state index contributed by atoms with van der Waals surface area (Å²) in [5.74, 6) is 0.586. The molecule has 1 aliphatic heterocycles. The Labute approximate surface area is 121 Å². The smallest absolute Gasteiger partial charge is 0.255 e. The third kappa shape index (κ3) is 3.51. The minimum atomic E-state index is -0.0494. The fourth-order valence-corrected chi connectivity index (χ4v) is 2.80. The lowest BCUT2D eigenvalue weighted by molar-refractivity contribution is 0.0928. The van der Waals surface area contributed by atoms with Gasteiger partial charge in [-0.05, 0) is 51.4 Å².